The van der Waals surface area contributed by atoms with Gasteiger partial charge in [0.1, 0.15) is 0 Å². The van der Waals surface area contributed by atoms with Gasteiger partial charge in [0.15, 0.2) is 5.13 Å². The minimum atomic E-state index is -0.0955. The number of fused-ring (bicyclic) bond motifs is 1. The number of benzene rings is 1. The molecule has 0 aliphatic carbocycles. The Balaban J connectivity index is 1.64. The number of amides is 1. The van der Waals surface area contributed by atoms with Gasteiger partial charge in [0.25, 0.3) is 0 Å². The molecule has 23 heavy (non-hydrogen) atoms. The molecule has 0 unspecified atom stereocenters. The molecule has 1 aromatic carbocycles. The Bertz CT molecular complexity index is 732. The topological polar surface area (TPSA) is 45.2 Å². The van der Waals surface area contributed by atoms with Gasteiger partial charge in [-0.3, -0.25) is 9.69 Å². The molecule has 4 nitrogen and oxygen atoms in total. The van der Waals surface area contributed by atoms with Gasteiger partial charge in [-0.1, -0.05) is 36.2 Å². The van der Waals surface area contributed by atoms with Crippen LogP contribution in [0.4, 0.5) is 5.13 Å². The molecule has 1 aliphatic rings. The van der Waals surface area contributed by atoms with Crippen LogP contribution in [0.25, 0.3) is 0 Å². The Hall–Kier alpha value is -1.14. The van der Waals surface area contributed by atoms with Crippen molar-refractivity contribution in [2.45, 2.75) is 26.3 Å². The number of hydrogen-bond donors (Lipinski definition) is 1. The second-order valence-corrected chi connectivity index (χ2v) is 7.38. The number of halogens is 2. The van der Waals surface area contributed by atoms with E-state index in [1.54, 1.807) is 29.5 Å². The third kappa shape index (κ3) is 4.04. The second kappa shape index (κ2) is 7.18. The van der Waals surface area contributed by atoms with Crippen LogP contribution in [0.3, 0.4) is 0 Å². The van der Waals surface area contributed by atoms with Crippen molar-refractivity contribution >= 4 is 45.6 Å². The van der Waals surface area contributed by atoms with Crippen LogP contribution in [-0.4, -0.2) is 28.9 Å². The third-order valence-electron chi connectivity index (χ3n) is 3.85. The van der Waals surface area contributed by atoms with Gasteiger partial charge in [-0.05, 0) is 24.2 Å². The highest BCUT2D eigenvalue weighted by molar-refractivity contribution is 7.15. The number of thiazole rings is 1. The van der Waals surface area contributed by atoms with Crippen molar-refractivity contribution in [3.63, 3.8) is 0 Å². The van der Waals surface area contributed by atoms with E-state index < -0.39 is 0 Å². The molecule has 1 aliphatic heterocycles. The Kier molecular flexibility index (Phi) is 5.21. The molecule has 0 saturated carbocycles. The van der Waals surface area contributed by atoms with Gasteiger partial charge in [-0.15, -0.1) is 11.3 Å². The molecule has 0 radical (unpaired) electrons. The first-order chi connectivity index (χ1) is 11.0. The van der Waals surface area contributed by atoms with E-state index in [2.05, 4.69) is 22.1 Å². The van der Waals surface area contributed by atoms with Gasteiger partial charge in [-0.2, -0.15) is 0 Å². The third-order valence-corrected chi connectivity index (χ3v) is 5.59. The molecule has 2 aromatic rings. The molecule has 0 atom stereocenters. The number of hydrogen-bond acceptors (Lipinski definition) is 4. The normalized spacial score (nSPS) is 14.6. The van der Waals surface area contributed by atoms with Gasteiger partial charge in [0.2, 0.25) is 5.91 Å². The summed E-state index contributed by atoms with van der Waals surface area (Å²) in [5.74, 6) is -0.0955. The van der Waals surface area contributed by atoms with Crippen molar-refractivity contribution in [3.8, 4) is 0 Å². The molecule has 0 bridgehead atoms. The maximum Gasteiger partial charge on any atom is 0.230 e. The maximum absolute atomic E-state index is 12.2. The SMILES string of the molecule is CCN1CCc2nc(NC(=O)Cc3ccc(Cl)c(Cl)c3)sc2C1. The monoisotopic (exact) mass is 369 g/mol. The van der Waals surface area contributed by atoms with Crippen LogP contribution < -0.4 is 5.32 Å². The first-order valence-corrected chi connectivity index (χ1v) is 9.07. The summed E-state index contributed by atoms with van der Waals surface area (Å²) < 4.78 is 0. The van der Waals surface area contributed by atoms with Gasteiger partial charge in [0.05, 0.1) is 22.2 Å². The summed E-state index contributed by atoms with van der Waals surface area (Å²) in [6, 6.07) is 5.23. The molecule has 0 fully saturated rings. The number of anilines is 1. The molecule has 0 spiro atoms. The second-order valence-electron chi connectivity index (χ2n) is 5.48. The fraction of sp³-hybridized carbons (Fsp3) is 0.375. The van der Waals surface area contributed by atoms with Crippen molar-refractivity contribution in [1.82, 2.24) is 9.88 Å². The predicted octanol–water partition coefficient (Wildman–Crippen LogP) is 4.01. The number of carbonyl (C=O) groups is 1. The van der Waals surface area contributed by atoms with Gasteiger partial charge in [0, 0.05) is 24.4 Å². The lowest BCUT2D eigenvalue weighted by Gasteiger charge is -2.23. The fourth-order valence-electron chi connectivity index (χ4n) is 2.57. The van der Waals surface area contributed by atoms with Crippen LogP contribution in [0, 0.1) is 0 Å². The smallest absolute Gasteiger partial charge is 0.230 e. The van der Waals surface area contributed by atoms with Crippen molar-refractivity contribution in [2.75, 3.05) is 18.4 Å². The number of likely N-dealkylation sites (N-methyl/N-ethyl adjacent to an activating group) is 1. The van der Waals surface area contributed by atoms with E-state index in [9.17, 15) is 4.79 Å². The van der Waals surface area contributed by atoms with Crippen LogP contribution in [0.2, 0.25) is 10.0 Å². The van der Waals surface area contributed by atoms with E-state index in [4.69, 9.17) is 23.2 Å². The molecule has 2 heterocycles. The number of rotatable bonds is 4. The summed E-state index contributed by atoms with van der Waals surface area (Å²) in [4.78, 5) is 20.4. The molecule has 0 saturated heterocycles. The average Bonchev–Trinajstić information content (AvgIpc) is 2.91. The van der Waals surface area contributed by atoms with Crippen LogP contribution in [0.5, 0.6) is 0 Å². The van der Waals surface area contributed by atoms with Gasteiger partial charge in [-0.25, -0.2) is 4.98 Å². The highest BCUT2D eigenvalue weighted by Gasteiger charge is 2.20. The molecule has 122 valence electrons. The molecule has 1 amide bonds. The molecule has 7 heteroatoms. The lowest BCUT2D eigenvalue weighted by molar-refractivity contribution is -0.115. The highest BCUT2D eigenvalue weighted by atomic mass is 35.5. The Morgan fingerprint density at radius 2 is 2.22 bits per heavy atom. The number of nitrogens with zero attached hydrogens (tertiary/aromatic N) is 2. The first-order valence-electron chi connectivity index (χ1n) is 7.50. The van der Waals surface area contributed by atoms with Crippen molar-refractivity contribution in [1.29, 1.82) is 0 Å². The standard InChI is InChI=1S/C16H17Cl2N3OS/c1-2-21-6-5-13-14(9-21)23-16(19-13)20-15(22)8-10-3-4-11(17)12(18)7-10/h3-4,7H,2,5-6,8-9H2,1H3,(H,19,20,22). The summed E-state index contributed by atoms with van der Waals surface area (Å²) in [5, 5.41) is 4.52. The van der Waals surface area contributed by atoms with E-state index in [1.807, 2.05) is 0 Å². The maximum atomic E-state index is 12.2. The van der Waals surface area contributed by atoms with Crippen molar-refractivity contribution in [2.24, 2.45) is 0 Å². The highest BCUT2D eigenvalue weighted by Crippen LogP contribution is 2.28. The summed E-state index contributed by atoms with van der Waals surface area (Å²) >= 11 is 13.4. The lowest BCUT2D eigenvalue weighted by atomic mass is 10.1. The number of nitrogens with one attached hydrogen (secondary N) is 1. The zero-order valence-corrected chi connectivity index (χ0v) is 15.1. The molecular formula is C16H17Cl2N3OS. The van der Waals surface area contributed by atoms with E-state index in [0.717, 1.165) is 37.3 Å². The molecule has 3 rings (SSSR count). The number of aromatic nitrogens is 1. The van der Waals surface area contributed by atoms with Gasteiger partial charge >= 0.3 is 0 Å². The summed E-state index contributed by atoms with van der Waals surface area (Å²) in [6.45, 7) is 5.15. The Morgan fingerprint density at radius 1 is 1.39 bits per heavy atom. The molecular weight excluding hydrogens is 353 g/mol. The Morgan fingerprint density at radius 3 is 2.96 bits per heavy atom. The summed E-state index contributed by atoms with van der Waals surface area (Å²) in [5.41, 5.74) is 1.94. The zero-order chi connectivity index (χ0) is 16.4. The predicted molar refractivity (Wildman–Crippen MR) is 95.6 cm³/mol. The average molecular weight is 370 g/mol. The number of carbonyl (C=O) groups excluding carboxylic acids is 1. The largest absolute Gasteiger partial charge is 0.302 e. The molecule has 1 N–H and O–H groups in total. The minimum absolute atomic E-state index is 0.0955. The van der Waals surface area contributed by atoms with Crippen molar-refractivity contribution in [3.05, 3.63) is 44.4 Å². The van der Waals surface area contributed by atoms with Gasteiger partial charge < -0.3 is 5.32 Å². The van der Waals surface area contributed by atoms with E-state index in [1.165, 1.54) is 4.88 Å². The van der Waals surface area contributed by atoms with Crippen LogP contribution in [0.1, 0.15) is 23.1 Å². The quantitative estimate of drug-likeness (QED) is 0.885. The minimum Gasteiger partial charge on any atom is -0.302 e. The van der Waals surface area contributed by atoms with Crippen LogP contribution in [0.15, 0.2) is 18.2 Å². The molecule has 1 aromatic heterocycles. The van der Waals surface area contributed by atoms with Crippen LogP contribution >= 0.6 is 34.5 Å². The first kappa shape index (κ1) is 16.7. The van der Waals surface area contributed by atoms with Crippen molar-refractivity contribution < 1.29 is 4.79 Å². The van der Waals surface area contributed by atoms with Crippen LogP contribution in [-0.2, 0) is 24.2 Å². The summed E-state index contributed by atoms with van der Waals surface area (Å²) in [6.07, 6.45) is 1.20. The lowest BCUT2D eigenvalue weighted by Crippen LogP contribution is -2.29. The van der Waals surface area contributed by atoms with E-state index >= 15 is 0 Å². The summed E-state index contributed by atoms with van der Waals surface area (Å²) in [7, 11) is 0. The fourth-order valence-corrected chi connectivity index (χ4v) is 3.96. The van der Waals surface area contributed by atoms with E-state index in [-0.39, 0.29) is 12.3 Å². The zero-order valence-electron chi connectivity index (χ0n) is 12.7. The van der Waals surface area contributed by atoms with E-state index in [0.29, 0.717) is 15.2 Å². The Labute approximate surface area is 149 Å².